The minimum absolute atomic E-state index is 0.0241. The fourth-order valence-electron chi connectivity index (χ4n) is 12.7. The molecule has 21 nitrogen and oxygen atoms in total. The number of fused-ring (bicyclic) bond motifs is 3. The van der Waals surface area contributed by atoms with E-state index in [1.54, 1.807) is 121 Å². The van der Waals surface area contributed by atoms with Crippen molar-refractivity contribution < 1.29 is 57.7 Å². The number of halogens is 9. The van der Waals surface area contributed by atoms with Gasteiger partial charge in [0.15, 0.2) is 0 Å². The lowest BCUT2D eigenvalue weighted by Crippen LogP contribution is -2.41. The number of rotatable bonds is 11. The predicted octanol–water partition coefficient (Wildman–Crippen LogP) is 27.8. The second kappa shape index (κ2) is 47.3. The van der Waals surface area contributed by atoms with Gasteiger partial charge in [-0.3, -0.25) is 40.5 Å². The molecule has 670 valence electrons. The highest BCUT2D eigenvalue weighted by molar-refractivity contribution is 14.1. The van der Waals surface area contributed by atoms with Gasteiger partial charge in [0, 0.05) is 71.7 Å². The summed E-state index contributed by atoms with van der Waals surface area (Å²) >= 11 is 38.5. The molecule has 0 spiro atoms. The van der Waals surface area contributed by atoms with Gasteiger partial charge >= 0.3 is 28.3 Å². The number of nitrogens with one attached hydrogen (secondary N) is 1. The number of nitro benzene ring substituents is 4. The monoisotopic (exact) mass is 2240 g/mol. The number of hydrogen-bond donors (Lipinski definition) is 3. The molecule has 130 heavy (non-hydrogen) atoms. The van der Waals surface area contributed by atoms with E-state index < -0.39 is 54.2 Å². The molecular formula is C96H90B4Br3Cl4I2N5O16. The lowest BCUT2D eigenvalue weighted by atomic mass is 9.49. The summed E-state index contributed by atoms with van der Waals surface area (Å²) in [5, 5.41) is 65.5. The molecule has 0 aliphatic carbocycles. The zero-order valence-corrected chi connectivity index (χ0v) is 84.7. The molecule has 0 bridgehead atoms. The van der Waals surface area contributed by atoms with Crippen molar-refractivity contribution in [2.24, 2.45) is 0 Å². The van der Waals surface area contributed by atoms with Crippen LogP contribution in [-0.4, -0.2) is 96.6 Å². The first kappa shape index (κ1) is 105. The van der Waals surface area contributed by atoms with E-state index in [0.29, 0.717) is 36.6 Å². The number of H-pyrrole nitrogens is 1. The summed E-state index contributed by atoms with van der Waals surface area (Å²) in [6.07, 6.45) is 0. The summed E-state index contributed by atoms with van der Waals surface area (Å²) in [5.74, 6) is 0. The first-order valence-corrected chi connectivity index (χ1v) is 46.3. The van der Waals surface area contributed by atoms with Gasteiger partial charge in [-0.25, -0.2) is 0 Å². The van der Waals surface area contributed by atoms with E-state index in [9.17, 15) is 40.5 Å². The van der Waals surface area contributed by atoms with Crippen molar-refractivity contribution >= 4 is 223 Å². The molecule has 0 atom stereocenters. The Morgan fingerprint density at radius 2 is 0.700 bits per heavy atom. The molecule has 0 saturated carbocycles. The lowest BCUT2D eigenvalue weighted by Gasteiger charge is -2.32. The summed E-state index contributed by atoms with van der Waals surface area (Å²) in [5.41, 5.74) is 7.79. The summed E-state index contributed by atoms with van der Waals surface area (Å²) in [4.78, 5) is 45.1. The van der Waals surface area contributed by atoms with Crippen LogP contribution in [0.5, 0.6) is 0 Å². The molecule has 3 saturated heterocycles. The smallest absolute Gasteiger partial charge is 0.423 e. The van der Waals surface area contributed by atoms with E-state index in [2.05, 4.69) is 146 Å². The fourth-order valence-corrected chi connectivity index (χ4v) is 17.0. The highest BCUT2D eigenvalue weighted by Crippen LogP contribution is 2.45. The van der Waals surface area contributed by atoms with Crippen LogP contribution in [0.1, 0.15) is 83.1 Å². The number of nitro groups is 4. The molecule has 4 heterocycles. The molecule has 13 aromatic carbocycles. The fraction of sp³-hybridized carbons (Fsp3) is 0.188. The van der Waals surface area contributed by atoms with E-state index >= 15 is 0 Å². The van der Waals surface area contributed by atoms with Crippen molar-refractivity contribution in [3.63, 3.8) is 0 Å². The average molecular weight is 2250 g/mol. The molecule has 3 aliphatic rings. The number of para-hydroxylation sites is 5. The number of benzene rings is 13. The van der Waals surface area contributed by atoms with E-state index in [1.807, 2.05) is 198 Å². The zero-order chi connectivity index (χ0) is 95.2. The van der Waals surface area contributed by atoms with Crippen LogP contribution < -0.4 is 10.9 Å². The van der Waals surface area contributed by atoms with Crippen molar-refractivity contribution in [2.75, 3.05) is 0 Å². The van der Waals surface area contributed by atoms with Crippen LogP contribution in [0.15, 0.2) is 323 Å². The molecule has 3 fully saturated rings. The molecule has 0 radical (unpaired) electrons. The number of aromatic nitrogens is 1. The lowest BCUT2D eigenvalue weighted by molar-refractivity contribution is -0.385. The third-order valence-corrected chi connectivity index (χ3v) is 25.4. The minimum Gasteiger partial charge on any atom is -0.423 e. The Morgan fingerprint density at radius 1 is 0.346 bits per heavy atom. The van der Waals surface area contributed by atoms with Crippen molar-refractivity contribution in [2.45, 2.75) is 117 Å². The minimum atomic E-state index is -1.34. The van der Waals surface area contributed by atoms with E-state index in [-0.39, 0.29) is 50.1 Å². The Hall–Kier alpha value is -8.74. The maximum Gasteiger partial charge on any atom is 0.501 e. The molecule has 34 heteroatoms. The molecule has 17 rings (SSSR count). The normalized spacial score (nSPS) is 14.7. The maximum atomic E-state index is 11.2. The Labute approximate surface area is 829 Å². The Morgan fingerprint density at radius 3 is 1.11 bits per heavy atom. The van der Waals surface area contributed by atoms with Crippen LogP contribution in [0.25, 0.3) is 66.3 Å². The van der Waals surface area contributed by atoms with Crippen LogP contribution >= 0.6 is 139 Å². The second-order valence-electron chi connectivity index (χ2n) is 32.2. The number of aromatic amines is 1. The molecule has 3 aliphatic heterocycles. The number of nitrogens with zero attached hydrogens (tertiary/aromatic N) is 4. The van der Waals surface area contributed by atoms with Crippen molar-refractivity contribution in [3.05, 3.63) is 390 Å². The Kier molecular flexibility index (Phi) is 38.2. The van der Waals surface area contributed by atoms with Gasteiger partial charge in [-0.2, -0.15) is 0 Å². The van der Waals surface area contributed by atoms with Gasteiger partial charge in [-0.15, -0.1) is 0 Å². The van der Waals surface area contributed by atoms with Crippen molar-refractivity contribution in [1.29, 1.82) is 0 Å². The third-order valence-electron chi connectivity index (χ3n) is 21.5. The Bertz CT molecular complexity index is 6080. The van der Waals surface area contributed by atoms with Crippen LogP contribution in [0.4, 0.5) is 22.7 Å². The van der Waals surface area contributed by atoms with Crippen LogP contribution in [-0.2, 0) is 27.9 Å². The summed E-state index contributed by atoms with van der Waals surface area (Å²) in [6.45, 7) is 23.9. The number of hydrogen-bond acceptors (Lipinski definition) is 16. The zero-order valence-electron chi connectivity index (χ0n) is 72.6. The van der Waals surface area contributed by atoms with Crippen molar-refractivity contribution in [1.82, 2.24) is 4.98 Å². The third kappa shape index (κ3) is 29.1. The highest BCUT2D eigenvalue weighted by Gasteiger charge is 2.64. The quantitative estimate of drug-likeness (QED) is 0.0469. The Balaban J connectivity index is 0.000000168. The predicted molar refractivity (Wildman–Crippen MR) is 556 cm³/mol. The second-order valence-corrected chi connectivity index (χ2v) is 39.1. The van der Waals surface area contributed by atoms with Crippen LogP contribution in [0, 0.1) is 47.6 Å². The van der Waals surface area contributed by atoms with E-state index in [4.69, 9.17) is 84.4 Å². The van der Waals surface area contributed by atoms with Crippen molar-refractivity contribution in [3.8, 4) is 44.5 Å². The molecular weight excluding hydrogens is 2160 g/mol. The largest absolute Gasteiger partial charge is 0.501 e. The first-order chi connectivity index (χ1) is 61.3. The summed E-state index contributed by atoms with van der Waals surface area (Å²) < 4.78 is 40.2. The molecule has 0 amide bonds. The van der Waals surface area contributed by atoms with Gasteiger partial charge < -0.3 is 43.0 Å². The van der Waals surface area contributed by atoms with Gasteiger partial charge in [0.2, 0.25) is 0 Å². The van der Waals surface area contributed by atoms with Gasteiger partial charge in [0.05, 0.1) is 84.9 Å². The summed E-state index contributed by atoms with van der Waals surface area (Å²) in [6, 6.07) is 94.2. The first-order valence-electron chi connectivity index (χ1n) is 40.3. The SMILES string of the molecule is CC1(C)OB(B2OC(C)(C)C(C)(C)O2)OC1(C)C.CC1(C)OB(c2ccccc2[N+](=O)[O-])OC1(C)C.Clc1cc(-c2ccccc2)cc2c1[nH]c1ccccc12.Clc1cc(Br)cc(I)c1.Ic1ccccc1.O=[N+]([O-])c1ccccc1-c1cc(Cl)cc(-c2ccccc2)c1.O=[N+]([O-])c1ccccc1-c1cc(Cl)cc(Br)c1.O=[N+]([O-])c1ccccc1Br.OB(O)c1ccccc1. The molecule has 1 aromatic heterocycles. The van der Waals surface area contributed by atoms with E-state index in [0.717, 1.165) is 61.4 Å². The molecule has 0 unspecified atom stereocenters. The molecule has 3 N–H and O–H groups in total. The topological polar surface area (TPSA) is 284 Å². The maximum absolute atomic E-state index is 11.2. The van der Waals surface area contributed by atoms with Crippen LogP contribution in [0.2, 0.25) is 20.1 Å². The van der Waals surface area contributed by atoms with Crippen LogP contribution in [0.3, 0.4) is 0 Å². The van der Waals surface area contributed by atoms with E-state index in [1.165, 1.54) is 44.2 Å². The van der Waals surface area contributed by atoms with Gasteiger partial charge in [0.25, 0.3) is 22.7 Å². The highest BCUT2D eigenvalue weighted by atomic mass is 127. The average Bonchev–Trinajstić information content (AvgIpc) is 1.60. The van der Waals surface area contributed by atoms with Gasteiger partial charge in [-0.1, -0.05) is 260 Å². The van der Waals surface area contributed by atoms with Gasteiger partial charge in [0.1, 0.15) is 0 Å². The van der Waals surface area contributed by atoms with Gasteiger partial charge in [-0.05, 0) is 286 Å². The molecule has 14 aromatic rings. The summed E-state index contributed by atoms with van der Waals surface area (Å²) in [7, 11) is -2.99. The standard InChI is InChI=1S/C18H12ClNO2.C18H12ClN.C12H24B2O4.C12H16BNO4.C12H7BrClNO2.C6H7BO2.C6H3BrClI.C6H4BrNO2.C6H5I/c19-16-11-14(13-6-2-1-3-7-13)10-15(12-16)17-8-4-5-9-18(17)20(21)22;19-16-11-13(12-6-2-1-3-7-12)10-15-14-8-4-5-9-17(14)20-18(15)16;1-9(2)10(3,4)16-13(15-9)14-17-11(5,6)12(7,8)18-14;1-11(2)12(3,4)18-13(17-11)9-7-5-6-8-10(9)14(15)16;13-9-5-8(6-10(14)7-9)11-3-1-2-4-12(11)15(16)17;8-7(9)6-4-2-1-3-5-6;7-4-1-5(8)3-6(9)2-4;7-5-3-1-2-4-6(5)8(9)10;7-6-4-2-1-3-5-6/h1-12H;1-11,20H;1-8H3;5-8H,1-4H3;1-7H;1-5,8-9H;1-3H;1-4H;1-5H.